The molecular formula is C21H29NO2S. The molecule has 1 heterocycles. The number of benzene rings is 1. The molecule has 0 spiro atoms. The van der Waals surface area contributed by atoms with Crippen molar-refractivity contribution in [1.29, 1.82) is 0 Å². The van der Waals surface area contributed by atoms with Gasteiger partial charge in [-0.15, -0.1) is 11.3 Å². The van der Waals surface area contributed by atoms with Crippen molar-refractivity contribution in [3.05, 3.63) is 51.7 Å². The van der Waals surface area contributed by atoms with Crippen molar-refractivity contribution in [2.45, 2.75) is 51.7 Å². The third kappa shape index (κ3) is 5.06. The van der Waals surface area contributed by atoms with Gasteiger partial charge in [0.05, 0.1) is 0 Å². The highest BCUT2D eigenvalue weighted by Crippen LogP contribution is 2.37. The van der Waals surface area contributed by atoms with Crippen molar-refractivity contribution in [3.63, 3.8) is 0 Å². The molecule has 0 bridgehead atoms. The van der Waals surface area contributed by atoms with Gasteiger partial charge in [0, 0.05) is 17.5 Å². The van der Waals surface area contributed by atoms with Gasteiger partial charge in [0.15, 0.2) is 0 Å². The number of rotatable bonds is 8. The first-order chi connectivity index (χ1) is 12.1. The summed E-state index contributed by atoms with van der Waals surface area (Å²) < 4.78 is 5.81. The standard InChI is InChI=1S/C21H29NO2S/c1-15-9-10-19(16(2)12-15)24-14-18(23)13-22-21(17-6-3-4-7-17)20-8-5-11-25-20/h5,8-12,17-18,21-23H,3-4,6-7,13-14H2,1-2H3. The minimum Gasteiger partial charge on any atom is -0.491 e. The van der Waals surface area contributed by atoms with Crippen molar-refractivity contribution < 1.29 is 9.84 Å². The third-order valence-electron chi connectivity index (χ3n) is 5.06. The Labute approximate surface area is 155 Å². The fraction of sp³-hybridized carbons (Fsp3) is 0.524. The van der Waals surface area contributed by atoms with Crippen LogP contribution in [0.3, 0.4) is 0 Å². The van der Waals surface area contributed by atoms with Crippen LogP contribution < -0.4 is 10.1 Å². The van der Waals surface area contributed by atoms with E-state index in [1.165, 1.54) is 36.1 Å². The van der Waals surface area contributed by atoms with Gasteiger partial charge in [0.1, 0.15) is 18.5 Å². The molecule has 1 fully saturated rings. The molecule has 1 aromatic heterocycles. The third-order valence-corrected chi connectivity index (χ3v) is 6.01. The molecule has 25 heavy (non-hydrogen) atoms. The minimum absolute atomic E-state index is 0.318. The number of aryl methyl sites for hydroxylation is 2. The number of aliphatic hydroxyl groups excluding tert-OH is 1. The van der Waals surface area contributed by atoms with Crippen LogP contribution in [0.25, 0.3) is 0 Å². The second-order valence-electron chi connectivity index (χ2n) is 7.18. The maximum absolute atomic E-state index is 10.4. The normalized spacial score (nSPS) is 17.6. The first-order valence-electron chi connectivity index (χ1n) is 9.28. The van der Waals surface area contributed by atoms with Crippen LogP contribution in [0.1, 0.15) is 47.7 Å². The molecule has 1 aromatic carbocycles. The lowest BCUT2D eigenvalue weighted by atomic mass is 9.96. The Morgan fingerprint density at radius 1 is 1.24 bits per heavy atom. The number of thiophene rings is 1. The summed E-state index contributed by atoms with van der Waals surface area (Å²) in [6.07, 6.45) is 4.71. The van der Waals surface area contributed by atoms with E-state index >= 15 is 0 Å². The first kappa shape index (κ1) is 18.4. The molecule has 3 nitrogen and oxygen atoms in total. The topological polar surface area (TPSA) is 41.5 Å². The first-order valence-corrected chi connectivity index (χ1v) is 10.2. The monoisotopic (exact) mass is 359 g/mol. The van der Waals surface area contributed by atoms with E-state index in [-0.39, 0.29) is 0 Å². The van der Waals surface area contributed by atoms with Gasteiger partial charge in [-0.05, 0) is 55.7 Å². The molecule has 2 unspecified atom stereocenters. The molecule has 0 radical (unpaired) electrons. The fourth-order valence-corrected chi connectivity index (χ4v) is 4.62. The molecule has 2 N–H and O–H groups in total. The van der Waals surface area contributed by atoms with Gasteiger partial charge in [-0.25, -0.2) is 0 Å². The van der Waals surface area contributed by atoms with E-state index in [1.807, 2.05) is 30.4 Å². The molecular weight excluding hydrogens is 330 g/mol. The van der Waals surface area contributed by atoms with E-state index in [9.17, 15) is 5.11 Å². The average Bonchev–Trinajstić information content (AvgIpc) is 3.28. The number of ether oxygens (including phenoxy) is 1. The molecule has 1 aliphatic carbocycles. The Bertz CT molecular complexity index is 650. The Hall–Kier alpha value is -1.36. The molecule has 136 valence electrons. The largest absolute Gasteiger partial charge is 0.491 e. The van der Waals surface area contributed by atoms with Crippen LogP contribution in [0.5, 0.6) is 5.75 Å². The predicted molar refractivity (Wildman–Crippen MR) is 104 cm³/mol. The molecule has 1 saturated carbocycles. The second kappa shape index (κ2) is 8.84. The maximum atomic E-state index is 10.4. The summed E-state index contributed by atoms with van der Waals surface area (Å²) in [6, 6.07) is 10.8. The van der Waals surface area contributed by atoms with Crippen molar-refractivity contribution in [2.24, 2.45) is 5.92 Å². The number of nitrogens with one attached hydrogen (secondary N) is 1. The second-order valence-corrected chi connectivity index (χ2v) is 8.16. The van der Waals surface area contributed by atoms with Crippen molar-refractivity contribution >= 4 is 11.3 Å². The Kier molecular flexibility index (Phi) is 6.51. The van der Waals surface area contributed by atoms with Gasteiger partial charge in [-0.2, -0.15) is 0 Å². The number of aliphatic hydroxyl groups is 1. The summed E-state index contributed by atoms with van der Waals surface area (Å²) in [4.78, 5) is 1.38. The predicted octanol–water partition coefficient (Wildman–Crippen LogP) is 4.63. The van der Waals surface area contributed by atoms with Crippen molar-refractivity contribution in [3.8, 4) is 5.75 Å². The zero-order chi connectivity index (χ0) is 17.6. The zero-order valence-corrected chi connectivity index (χ0v) is 16.0. The summed E-state index contributed by atoms with van der Waals surface area (Å²) in [5.41, 5.74) is 2.34. The van der Waals surface area contributed by atoms with Crippen LogP contribution in [0.15, 0.2) is 35.7 Å². The Morgan fingerprint density at radius 3 is 2.72 bits per heavy atom. The summed E-state index contributed by atoms with van der Waals surface area (Å²) in [7, 11) is 0. The van der Waals surface area contributed by atoms with Gasteiger partial charge in [-0.3, -0.25) is 0 Å². The Balaban J connectivity index is 1.52. The highest BCUT2D eigenvalue weighted by atomic mass is 32.1. The van der Waals surface area contributed by atoms with Gasteiger partial charge < -0.3 is 15.2 Å². The summed E-state index contributed by atoms with van der Waals surface area (Å²) >= 11 is 1.81. The van der Waals surface area contributed by atoms with Crippen molar-refractivity contribution in [1.82, 2.24) is 5.32 Å². The van der Waals surface area contributed by atoms with Crippen LogP contribution in [-0.2, 0) is 0 Å². The van der Waals surface area contributed by atoms with E-state index in [0.717, 1.165) is 11.3 Å². The van der Waals surface area contributed by atoms with Gasteiger partial charge >= 0.3 is 0 Å². The van der Waals surface area contributed by atoms with E-state index in [2.05, 4.69) is 35.8 Å². The van der Waals surface area contributed by atoms with E-state index in [1.54, 1.807) is 0 Å². The molecule has 1 aliphatic rings. The molecule has 2 aromatic rings. The number of hydrogen-bond acceptors (Lipinski definition) is 4. The summed E-state index contributed by atoms with van der Waals surface area (Å²) in [5.74, 6) is 1.54. The lowest BCUT2D eigenvalue weighted by Crippen LogP contribution is -2.36. The smallest absolute Gasteiger partial charge is 0.122 e. The van der Waals surface area contributed by atoms with Crippen LogP contribution in [0.4, 0.5) is 0 Å². The molecule has 4 heteroatoms. The molecule has 0 amide bonds. The number of hydrogen-bond donors (Lipinski definition) is 2. The summed E-state index contributed by atoms with van der Waals surface area (Å²) in [5, 5.41) is 16.1. The van der Waals surface area contributed by atoms with Gasteiger partial charge in [-0.1, -0.05) is 36.6 Å². The Morgan fingerprint density at radius 2 is 2.04 bits per heavy atom. The van der Waals surface area contributed by atoms with Crippen molar-refractivity contribution in [2.75, 3.05) is 13.2 Å². The highest BCUT2D eigenvalue weighted by Gasteiger charge is 2.27. The van der Waals surface area contributed by atoms with Gasteiger partial charge in [0.25, 0.3) is 0 Å². The van der Waals surface area contributed by atoms with Crippen LogP contribution >= 0.6 is 11.3 Å². The van der Waals surface area contributed by atoms with Gasteiger partial charge in [0.2, 0.25) is 0 Å². The summed E-state index contributed by atoms with van der Waals surface area (Å²) in [6.45, 7) is 4.99. The van der Waals surface area contributed by atoms with E-state index < -0.39 is 6.10 Å². The van der Waals surface area contributed by atoms with Crippen LogP contribution in [0.2, 0.25) is 0 Å². The van der Waals surface area contributed by atoms with E-state index in [0.29, 0.717) is 25.1 Å². The SMILES string of the molecule is Cc1ccc(OCC(O)CNC(c2cccs2)C2CCCC2)c(C)c1. The zero-order valence-electron chi connectivity index (χ0n) is 15.2. The highest BCUT2D eigenvalue weighted by molar-refractivity contribution is 7.10. The lowest BCUT2D eigenvalue weighted by Gasteiger charge is -2.25. The quantitative estimate of drug-likeness (QED) is 0.722. The fourth-order valence-electron chi connectivity index (χ4n) is 3.73. The molecule has 2 atom stereocenters. The van der Waals surface area contributed by atoms with Crippen LogP contribution in [-0.4, -0.2) is 24.4 Å². The minimum atomic E-state index is -0.510. The maximum Gasteiger partial charge on any atom is 0.122 e. The molecule has 0 saturated heterocycles. The van der Waals surface area contributed by atoms with Crippen LogP contribution in [0, 0.1) is 19.8 Å². The van der Waals surface area contributed by atoms with E-state index in [4.69, 9.17) is 4.74 Å². The average molecular weight is 360 g/mol. The lowest BCUT2D eigenvalue weighted by molar-refractivity contribution is 0.101. The molecule has 0 aliphatic heterocycles. The molecule has 3 rings (SSSR count).